The van der Waals surface area contributed by atoms with Crippen molar-refractivity contribution in [2.75, 3.05) is 40.3 Å². The highest BCUT2D eigenvalue weighted by Crippen LogP contribution is 2.42. The number of piperidine rings is 1. The fourth-order valence-corrected chi connectivity index (χ4v) is 4.79. The molecule has 0 bridgehead atoms. The maximum atomic E-state index is 13.3. The summed E-state index contributed by atoms with van der Waals surface area (Å²) in [5, 5.41) is 0. The molecule has 1 aromatic heterocycles. The molecule has 6 heteroatoms. The molecular weight excluding hydrogens is 376 g/mol. The molecule has 6 nitrogen and oxygen atoms in total. The first-order chi connectivity index (χ1) is 14.4. The number of aromatic nitrogens is 1. The van der Waals surface area contributed by atoms with E-state index in [1.807, 2.05) is 17.9 Å². The fourth-order valence-electron chi connectivity index (χ4n) is 4.79. The quantitative estimate of drug-likeness (QED) is 0.786. The van der Waals surface area contributed by atoms with E-state index in [0.29, 0.717) is 25.2 Å². The summed E-state index contributed by atoms with van der Waals surface area (Å²) in [6.07, 6.45) is 5.33. The molecule has 1 saturated heterocycles. The standard InChI is InChI=1S/C24H30N4O2/c1-18-12-20(14-25-13-18)23(30)28-15-19-6-4-5-7-21(19)24(17-28)8-10-27(11-9-24)16-22(29)26(2)3/h4-7,12-14H,8-11,15-17H2,1-3H3. The zero-order valence-electron chi connectivity index (χ0n) is 18.1. The second-order valence-electron chi connectivity index (χ2n) is 8.91. The first-order valence-corrected chi connectivity index (χ1v) is 10.6. The predicted molar refractivity (Wildman–Crippen MR) is 116 cm³/mol. The topological polar surface area (TPSA) is 56.8 Å². The molecule has 0 radical (unpaired) electrons. The minimum atomic E-state index is -0.0561. The van der Waals surface area contributed by atoms with Gasteiger partial charge in [-0.05, 0) is 55.6 Å². The minimum Gasteiger partial charge on any atom is -0.348 e. The van der Waals surface area contributed by atoms with E-state index in [4.69, 9.17) is 0 Å². The van der Waals surface area contributed by atoms with Gasteiger partial charge in [0, 0.05) is 45.0 Å². The summed E-state index contributed by atoms with van der Waals surface area (Å²) in [5.41, 5.74) is 4.19. The molecular formula is C24H30N4O2. The van der Waals surface area contributed by atoms with E-state index in [-0.39, 0.29) is 17.2 Å². The van der Waals surface area contributed by atoms with Gasteiger partial charge < -0.3 is 9.80 Å². The van der Waals surface area contributed by atoms with Crippen LogP contribution in [0.15, 0.2) is 42.7 Å². The van der Waals surface area contributed by atoms with Gasteiger partial charge in [-0.3, -0.25) is 19.5 Å². The number of amides is 2. The normalized spacial score (nSPS) is 18.2. The summed E-state index contributed by atoms with van der Waals surface area (Å²) in [7, 11) is 3.60. The number of likely N-dealkylation sites (tertiary alicyclic amines) is 1. The smallest absolute Gasteiger partial charge is 0.255 e. The largest absolute Gasteiger partial charge is 0.348 e. The number of fused-ring (bicyclic) bond motifs is 2. The van der Waals surface area contributed by atoms with Crippen LogP contribution in [0.2, 0.25) is 0 Å². The summed E-state index contributed by atoms with van der Waals surface area (Å²) in [5.74, 6) is 0.184. The zero-order chi connectivity index (χ0) is 21.3. The van der Waals surface area contributed by atoms with Gasteiger partial charge in [-0.25, -0.2) is 0 Å². The third-order valence-corrected chi connectivity index (χ3v) is 6.52. The Bertz CT molecular complexity index is 948. The van der Waals surface area contributed by atoms with Gasteiger partial charge >= 0.3 is 0 Å². The zero-order valence-corrected chi connectivity index (χ0v) is 18.1. The van der Waals surface area contributed by atoms with Crippen molar-refractivity contribution in [3.05, 3.63) is 65.0 Å². The molecule has 4 rings (SSSR count). The molecule has 1 aromatic carbocycles. The molecule has 30 heavy (non-hydrogen) atoms. The highest BCUT2D eigenvalue weighted by Gasteiger charge is 2.43. The Morgan fingerprint density at radius 1 is 1.13 bits per heavy atom. The number of rotatable bonds is 3. The predicted octanol–water partition coefficient (Wildman–Crippen LogP) is 2.47. The SMILES string of the molecule is Cc1cncc(C(=O)N2Cc3ccccc3C3(CCN(CC(=O)N(C)C)CC3)C2)c1. The van der Waals surface area contributed by atoms with Crippen molar-refractivity contribution in [3.8, 4) is 0 Å². The number of carbonyl (C=O) groups excluding carboxylic acids is 2. The van der Waals surface area contributed by atoms with Gasteiger partial charge in [0.15, 0.2) is 0 Å². The summed E-state index contributed by atoms with van der Waals surface area (Å²) in [6, 6.07) is 10.4. The van der Waals surface area contributed by atoms with Crippen molar-refractivity contribution in [2.24, 2.45) is 0 Å². The van der Waals surface area contributed by atoms with Crippen LogP contribution in [0.1, 0.15) is 39.9 Å². The van der Waals surface area contributed by atoms with E-state index in [0.717, 1.165) is 31.5 Å². The van der Waals surface area contributed by atoms with Crippen molar-refractivity contribution in [1.29, 1.82) is 0 Å². The van der Waals surface area contributed by atoms with Crippen LogP contribution in [0, 0.1) is 6.92 Å². The fraction of sp³-hybridized carbons (Fsp3) is 0.458. The highest BCUT2D eigenvalue weighted by molar-refractivity contribution is 5.94. The number of pyridine rings is 1. The van der Waals surface area contributed by atoms with Crippen LogP contribution in [0.5, 0.6) is 0 Å². The molecule has 2 aliphatic rings. The number of nitrogens with zero attached hydrogens (tertiary/aromatic N) is 4. The van der Waals surface area contributed by atoms with E-state index >= 15 is 0 Å². The molecule has 158 valence electrons. The second-order valence-corrected chi connectivity index (χ2v) is 8.91. The van der Waals surface area contributed by atoms with Crippen LogP contribution >= 0.6 is 0 Å². The summed E-state index contributed by atoms with van der Waals surface area (Å²) in [4.78, 5) is 35.5. The molecule has 0 atom stereocenters. The average Bonchev–Trinajstić information content (AvgIpc) is 2.75. The Hall–Kier alpha value is -2.73. The van der Waals surface area contributed by atoms with Crippen LogP contribution in [0.4, 0.5) is 0 Å². The first kappa shape index (κ1) is 20.5. The Morgan fingerprint density at radius 2 is 1.87 bits per heavy atom. The lowest BCUT2D eigenvalue weighted by Gasteiger charge is -2.48. The average molecular weight is 407 g/mol. The molecule has 0 N–H and O–H groups in total. The van der Waals surface area contributed by atoms with Gasteiger partial charge in [0.1, 0.15) is 0 Å². The molecule has 2 aromatic rings. The molecule has 1 fully saturated rings. The Morgan fingerprint density at radius 3 is 2.57 bits per heavy atom. The van der Waals surface area contributed by atoms with Crippen LogP contribution < -0.4 is 0 Å². The van der Waals surface area contributed by atoms with E-state index in [2.05, 4.69) is 34.1 Å². The number of carbonyl (C=O) groups is 2. The van der Waals surface area contributed by atoms with Crippen LogP contribution in [-0.4, -0.2) is 71.8 Å². The van der Waals surface area contributed by atoms with Crippen molar-refractivity contribution < 1.29 is 9.59 Å². The molecule has 0 unspecified atom stereocenters. The van der Waals surface area contributed by atoms with E-state index in [1.54, 1.807) is 31.4 Å². The van der Waals surface area contributed by atoms with E-state index < -0.39 is 0 Å². The monoisotopic (exact) mass is 406 g/mol. The molecule has 0 aliphatic carbocycles. The van der Waals surface area contributed by atoms with Crippen LogP contribution in [0.25, 0.3) is 0 Å². The number of aryl methyl sites for hydroxylation is 1. The van der Waals surface area contributed by atoms with Gasteiger partial charge in [0.2, 0.25) is 5.91 Å². The first-order valence-electron chi connectivity index (χ1n) is 10.6. The van der Waals surface area contributed by atoms with Gasteiger partial charge in [0.05, 0.1) is 12.1 Å². The summed E-state index contributed by atoms with van der Waals surface area (Å²) >= 11 is 0. The van der Waals surface area contributed by atoms with E-state index in [9.17, 15) is 9.59 Å². The Balaban J connectivity index is 1.57. The number of hydrogen-bond donors (Lipinski definition) is 0. The lowest BCUT2D eigenvalue weighted by atomic mass is 9.68. The molecule has 3 heterocycles. The number of benzene rings is 1. The van der Waals surface area contributed by atoms with Gasteiger partial charge in [0.25, 0.3) is 5.91 Å². The highest BCUT2D eigenvalue weighted by atomic mass is 16.2. The van der Waals surface area contributed by atoms with Gasteiger partial charge in [-0.2, -0.15) is 0 Å². The van der Waals surface area contributed by atoms with Crippen LogP contribution in [-0.2, 0) is 16.8 Å². The third-order valence-electron chi connectivity index (χ3n) is 6.52. The molecule has 2 aliphatic heterocycles. The summed E-state index contributed by atoms with van der Waals surface area (Å²) in [6.45, 7) is 5.49. The maximum absolute atomic E-state index is 13.3. The van der Waals surface area contributed by atoms with Gasteiger partial charge in [-0.15, -0.1) is 0 Å². The minimum absolute atomic E-state index is 0.0466. The molecule has 1 spiro atoms. The van der Waals surface area contributed by atoms with E-state index in [1.165, 1.54) is 11.1 Å². The Kier molecular flexibility index (Phi) is 5.60. The lowest BCUT2D eigenvalue weighted by molar-refractivity contribution is -0.130. The Labute approximate surface area is 178 Å². The lowest BCUT2D eigenvalue weighted by Crippen LogP contribution is -2.54. The van der Waals surface area contributed by atoms with Crippen molar-refractivity contribution in [3.63, 3.8) is 0 Å². The number of hydrogen-bond acceptors (Lipinski definition) is 4. The van der Waals surface area contributed by atoms with Crippen molar-refractivity contribution in [1.82, 2.24) is 19.7 Å². The van der Waals surface area contributed by atoms with Crippen molar-refractivity contribution in [2.45, 2.75) is 31.7 Å². The third kappa shape index (κ3) is 3.97. The van der Waals surface area contributed by atoms with Crippen molar-refractivity contribution >= 4 is 11.8 Å². The second kappa shape index (κ2) is 8.19. The van der Waals surface area contributed by atoms with Crippen LogP contribution in [0.3, 0.4) is 0 Å². The number of likely N-dealkylation sites (N-methyl/N-ethyl adjacent to an activating group) is 1. The molecule has 2 amide bonds. The maximum Gasteiger partial charge on any atom is 0.255 e. The van der Waals surface area contributed by atoms with Gasteiger partial charge in [-0.1, -0.05) is 24.3 Å². The molecule has 0 saturated carbocycles. The summed E-state index contributed by atoms with van der Waals surface area (Å²) < 4.78 is 0.